The van der Waals surface area contributed by atoms with Gasteiger partial charge in [0.25, 0.3) is 0 Å². The number of ether oxygens (including phenoxy) is 2. The van der Waals surface area contributed by atoms with Gasteiger partial charge in [0.2, 0.25) is 0 Å². The van der Waals surface area contributed by atoms with Gasteiger partial charge in [0.1, 0.15) is 17.2 Å². The fourth-order valence-electron chi connectivity index (χ4n) is 2.99. The molecule has 0 atom stereocenters. The summed E-state index contributed by atoms with van der Waals surface area (Å²) < 4.78 is 10.7. The van der Waals surface area contributed by atoms with E-state index in [0.29, 0.717) is 11.5 Å². The van der Waals surface area contributed by atoms with Crippen molar-refractivity contribution in [1.29, 1.82) is 0 Å². The van der Waals surface area contributed by atoms with E-state index in [4.69, 9.17) is 9.47 Å². The minimum Gasteiger partial charge on any atom is -0.423 e. The topological polar surface area (TPSA) is 65.5 Å². The summed E-state index contributed by atoms with van der Waals surface area (Å²) in [4.78, 5) is 28.6. The molecule has 0 radical (unpaired) electrons. The lowest BCUT2D eigenvalue weighted by Gasteiger charge is -2.07. The van der Waals surface area contributed by atoms with Crippen molar-refractivity contribution in [2.45, 2.75) is 39.5 Å². The molecule has 1 heterocycles. The van der Waals surface area contributed by atoms with Crippen molar-refractivity contribution in [3.8, 4) is 11.5 Å². The summed E-state index contributed by atoms with van der Waals surface area (Å²) in [6.07, 6.45) is 5.40. The number of aryl methyl sites for hydroxylation is 2. The minimum absolute atomic E-state index is 0.119. The number of carbonyl (C=O) groups excluding carboxylic acids is 2. The fraction of sp³-hybridized carbons (Fsp3) is 0.240. The molecular formula is C25H25NO4. The van der Waals surface area contributed by atoms with E-state index in [-0.39, 0.29) is 11.3 Å². The lowest BCUT2D eigenvalue weighted by Crippen LogP contribution is -2.13. The van der Waals surface area contributed by atoms with E-state index in [2.05, 4.69) is 18.8 Å². The highest BCUT2D eigenvalue weighted by Crippen LogP contribution is 2.17. The van der Waals surface area contributed by atoms with E-state index < -0.39 is 11.9 Å². The molecule has 0 aliphatic carbocycles. The monoisotopic (exact) mass is 403 g/mol. The predicted octanol–water partition coefficient (Wildman–Crippen LogP) is 5.43. The number of carbonyl (C=O) groups is 2. The van der Waals surface area contributed by atoms with Crippen molar-refractivity contribution >= 4 is 11.9 Å². The summed E-state index contributed by atoms with van der Waals surface area (Å²) in [6, 6.07) is 17.8. The molecule has 0 saturated carbocycles. The smallest absolute Gasteiger partial charge is 0.362 e. The van der Waals surface area contributed by atoms with Gasteiger partial charge in [0, 0.05) is 6.20 Å². The molecule has 2 aromatic carbocycles. The molecule has 0 fully saturated rings. The lowest BCUT2D eigenvalue weighted by molar-refractivity contribution is 0.0715. The first-order valence-corrected chi connectivity index (χ1v) is 10.2. The highest BCUT2D eigenvalue weighted by molar-refractivity contribution is 5.93. The van der Waals surface area contributed by atoms with Crippen LogP contribution in [0.2, 0.25) is 0 Å². The summed E-state index contributed by atoms with van der Waals surface area (Å²) in [5.74, 6) is -0.187. The molecule has 0 bridgehead atoms. The maximum absolute atomic E-state index is 12.3. The molecule has 154 valence electrons. The summed E-state index contributed by atoms with van der Waals surface area (Å²) in [7, 11) is 0. The summed E-state index contributed by atoms with van der Waals surface area (Å²) in [5, 5.41) is 0. The van der Waals surface area contributed by atoms with Gasteiger partial charge in [-0.25, -0.2) is 14.6 Å². The zero-order valence-electron chi connectivity index (χ0n) is 17.3. The SMILES string of the molecule is CCCc1ccc(OC(=O)c2ccc(C(=O)Oc3ccc(CCC)cc3)nc2)cc1. The highest BCUT2D eigenvalue weighted by atomic mass is 16.5. The van der Waals surface area contributed by atoms with Crippen molar-refractivity contribution < 1.29 is 19.1 Å². The van der Waals surface area contributed by atoms with Crippen molar-refractivity contribution in [3.05, 3.63) is 89.2 Å². The van der Waals surface area contributed by atoms with Gasteiger partial charge >= 0.3 is 11.9 Å². The second-order valence-corrected chi connectivity index (χ2v) is 7.00. The average Bonchev–Trinajstić information content (AvgIpc) is 2.77. The van der Waals surface area contributed by atoms with Crippen LogP contribution >= 0.6 is 0 Å². The van der Waals surface area contributed by atoms with E-state index in [1.54, 1.807) is 24.3 Å². The average molecular weight is 403 g/mol. The van der Waals surface area contributed by atoms with Gasteiger partial charge < -0.3 is 9.47 Å². The fourth-order valence-corrected chi connectivity index (χ4v) is 2.99. The standard InChI is InChI=1S/C25H25NO4/c1-3-5-18-7-12-21(13-8-18)29-24(27)20-11-16-23(26-17-20)25(28)30-22-14-9-19(6-4-2)10-15-22/h7-17H,3-6H2,1-2H3. The van der Waals surface area contributed by atoms with Crippen LogP contribution in [0.5, 0.6) is 11.5 Å². The van der Waals surface area contributed by atoms with Crippen LogP contribution in [0, 0.1) is 0 Å². The molecule has 3 aromatic rings. The van der Waals surface area contributed by atoms with Gasteiger partial charge in [0.05, 0.1) is 5.56 Å². The molecule has 30 heavy (non-hydrogen) atoms. The van der Waals surface area contributed by atoms with E-state index in [0.717, 1.165) is 25.7 Å². The zero-order chi connectivity index (χ0) is 21.3. The van der Waals surface area contributed by atoms with Crippen LogP contribution in [0.15, 0.2) is 66.9 Å². The number of hydrogen-bond acceptors (Lipinski definition) is 5. The molecule has 0 saturated heterocycles. The van der Waals surface area contributed by atoms with Crippen molar-refractivity contribution in [1.82, 2.24) is 4.98 Å². The van der Waals surface area contributed by atoms with Gasteiger partial charge in [-0.05, 0) is 60.4 Å². The Morgan fingerprint density at radius 1 is 0.700 bits per heavy atom. The van der Waals surface area contributed by atoms with E-state index >= 15 is 0 Å². The molecule has 0 spiro atoms. The van der Waals surface area contributed by atoms with Crippen LogP contribution in [0.4, 0.5) is 0 Å². The molecule has 0 unspecified atom stereocenters. The van der Waals surface area contributed by atoms with Crippen molar-refractivity contribution in [3.63, 3.8) is 0 Å². The molecule has 0 N–H and O–H groups in total. The molecule has 0 aliphatic rings. The Balaban J connectivity index is 1.59. The third-order valence-corrected chi connectivity index (χ3v) is 4.55. The molecule has 5 nitrogen and oxygen atoms in total. The largest absolute Gasteiger partial charge is 0.423 e. The van der Waals surface area contributed by atoms with E-state index in [1.807, 2.05) is 24.3 Å². The van der Waals surface area contributed by atoms with Crippen molar-refractivity contribution in [2.24, 2.45) is 0 Å². The van der Waals surface area contributed by atoms with E-state index in [9.17, 15) is 9.59 Å². The Morgan fingerprint density at radius 2 is 1.20 bits per heavy atom. The van der Waals surface area contributed by atoms with Crippen LogP contribution in [0.3, 0.4) is 0 Å². The maximum atomic E-state index is 12.3. The lowest BCUT2D eigenvalue weighted by atomic mass is 10.1. The third-order valence-electron chi connectivity index (χ3n) is 4.55. The van der Waals surface area contributed by atoms with Crippen LogP contribution in [0.1, 0.15) is 58.7 Å². The normalized spacial score (nSPS) is 10.5. The number of hydrogen-bond donors (Lipinski definition) is 0. The summed E-state index contributed by atoms with van der Waals surface area (Å²) in [6.45, 7) is 4.23. The van der Waals surface area contributed by atoms with Gasteiger partial charge in [-0.1, -0.05) is 51.0 Å². The quantitative estimate of drug-likeness (QED) is 0.371. The Labute approximate surface area is 176 Å². The van der Waals surface area contributed by atoms with Gasteiger partial charge in [0.15, 0.2) is 0 Å². The number of pyridine rings is 1. The first-order chi connectivity index (χ1) is 14.6. The second-order valence-electron chi connectivity index (χ2n) is 7.00. The molecule has 0 amide bonds. The second kappa shape index (κ2) is 10.3. The predicted molar refractivity (Wildman–Crippen MR) is 115 cm³/mol. The maximum Gasteiger partial charge on any atom is 0.362 e. The molecule has 0 aliphatic heterocycles. The number of rotatable bonds is 8. The summed E-state index contributed by atoms with van der Waals surface area (Å²) >= 11 is 0. The van der Waals surface area contributed by atoms with Gasteiger partial charge in [-0.15, -0.1) is 0 Å². The van der Waals surface area contributed by atoms with Crippen molar-refractivity contribution in [2.75, 3.05) is 0 Å². The number of aromatic nitrogens is 1. The van der Waals surface area contributed by atoms with Gasteiger partial charge in [-0.3, -0.25) is 0 Å². The Hall–Kier alpha value is -3.47. The minimum atomic E-state index is -0.579. The number of benzene rings is 2. The molecule has 1 aromatic heterocycles. The van der Waals surface area contributed by atoms with Crippen LogP contribution in [0.25, 0.3) is 0 Å². The Morgan fingerprint density at radius 3 is 1.63 bits per heavy atom. The molecular weight excluding hydrogens is 378 g/mol. The number of esters is 2. The van der Waals surface area contributed by atoms with Gasteiger partial charge in [-0.2, -0.15) is 0 Å². The number of nitrogens with zero attached hydrogens (tertiary/aromatic N) is 1. The third kappa shape index (κ3) is 5.77. The van der Waals surface area contributed by atoms with E-state index in [1.165, 1.54) is 29.5 Å². The Bertz CT molecular complexity index is 895. The highest BCUT2D eigenvalue weighted by Gasteiger charge is 2.14. The van der Waals surface area contributed by atoms with Crippen LogP contribution in [-0.2, 0) is 12.8 Å². The zero-order valence-corrected chi connectivity index (χ0v) is 17.3. The first kappa shape index (κ1) is 21.2. The van der Waals surface area contributed by atoms with Crippen LogP contribution in [-0.4, -0.2) is 16.9 Å². The summed E-state index contributed by atoms with van der Waals surface area (Å²) in [5.41, 5.74) is 2.77. The Kier molecular flexibility index (Phi) is 7.33. The first-order valence-electron chi connectivity index (χ1n) is 10.2. The molecule has 3 rings (SSSR count). The molecule has 5 heteroatoms. The van der Waals surface area contributed by atoms with Crippen LogP contribution < -0.4 is 9.47 Å².